The largest absolute Gasteiger partial charge is 0.489 e. The standard InChI is InChI=1S/C27H32O4/c1-17(28)31-26-25(29)15-24-23-10-8-19-14-20(30-16-18-6-4-3-5-7-18)9-11-21(19)22(23)12-13-27(24,26)2/h3-7,9,11,14,22-26,29H,8,10,12-13,15-16H2,1-2H3/t22?,23?,24?,25-,26+,27+/m1/s1. The summed E-state index contributed by atoms with van der Waals surface area (Å²) in [4.78, 5) is 11.6. The zero-order chi connectivity index (χ0) is 21.6. The van der Waals surface area contributed by atoms with Gasteiger partial charge >= 0.3 is 5.97 Å². The summed E-state index contributed by atoms with van der Waals surface area (Å²) in [6, 6.07) is 16.9. The molecule has 0 amide bonds. The molecule has 0 bridgehead atoms. The van der Waals surface area contributed by atoms with Gasteiger partial charge in [0.05, 0.1) is 6.10 Å². The summed E-state index contributed by atoms with van der Waals surface area (Å²) in [6.45, 7) is 4.26. The Morgan fingerprint density at radius 3 is 2.74 bits per heavy atom. The van der Waals surface area contributed by atoms with E-state index < -0.39 is 6.10 Å². The Labute approximate surface area is 184 Å². The number of aliphatic hydroxyl groups excluding tert-OH is 1. The molecule has 0 spiro atoms. The second kappa shape index (κ2) is 7.98. The van der Waals surface area contributed by atoms with Crippen LogP contribution in [-0.4, -0.2) is 23.3 Å². The van der Waals surface area contributed by atoms with E-state index in [0.717, 1.165) is 37.9 Å². The van der Waals surface area contributed by atoms with Crippen molar-refractivity contribution in [2.24, 2.45) is 17.3 Å². The van der Waals surface area contributed by atoms with E-state index in [2.05, 4.69) is 37.3 Å². The SMILES string of the molecule is CC(=O)O[C@H]1[C@H](O)CC2C3CCc4cc(OCc5ccccc5)ccc4C3CC[C@@]21C. The van der Waals surface area contributed by atoms with Crippen molar-refractivity contribution in [3.8, 4) is 5.75 Å². The number of ether oxygens (including phenoxy) is 2. The highest BCUT2D eigenvalue weighted by Gasteiger charge is 2.59. The van der Waals surface area contributed by atoms with Gasteiger partial charge in [-0.15, -0.1) is 0 Å². The van der Waals surface area contributed by atoms with Crippen molar-refractivity contribution in [1.29, 1.82) is 0 Å². The maximum atomic E-state index is 11.6. The summed E-state index contributed by atoms with van der Waals surface area (Å²) < 4.78 is 11.7. The first kappa shape index (κ1) is 20.6. The van der Waals surface area contributed by atoms with Crippen molar-refractivity contribution < 1.29 is 19.4 Å². The minimum Gasteiger partial charge on any atom is -0.489 e. The summed E-state index contributed by atoms with van der Waals surface area (Å²) in [5.74, 6) is 2.11. The van der Waals surface area contributed by atoms with Gasteiger partial charge in [-0.05, 0) is 78.7 Å². The molecule has 2 aromatic rings. The summed E-state index contributed by atoms with van der Waals surface area (Å²) in [7, 11) is 0. The predicted octanol–water partition coefficient (Wildman–Crippen LogP) is 5.02. The van der Waals surface area contributed by atoms with E-state index >= 15 is 0 Å². The summed E-state index contributed by atoms with van der Waals surface area (Å²) in [5.41, 5.74) is 3.91. The zero-order valence-electron chi connectivity index (χ0n) is 18.4. The fraction of sp³-hybridized carbons (Fsp3) is 0.519. The topological polar surface area (TPSA) is 55.8 Å². The van der Waals surface area contributed by atoms with Crippen molar-refractivity contribution in [2.45, 2.75) is 70.7 Å². The number of benzene rings is 2. The lowest BCUT2D eigenvalue weighted by atomic mass is 9.55. The highest BCUT2D eigenvalue weighted by Crippen LogP contribution is 2.61. The van der Waals surface area contributed by atoms with Crippen LogP contribution in [0.4, 0.5) is 0 Å². The maximum absolute atomic E-state index is 11.6. The molecule has 0 aliphatic heterocycles. The average molecular weight is 421 g/mol. The number of esters is 1. The third kappa shape index (κ3) is 3.65. The lowest BCUT2D eigenvalue weighted by molar-refractivity contribution is -0.161. The summed E-state index contributed by atoms with van der Waals surface area (Å²) >= 11 is 0. The van der Waals surface area contributed by atoms with E-state index in [1.54, 1.807) is 0 Å². The van der Waals surface area contributed by atoms with E-state index in [1.807, 2.05) is 18.2 Å². The lowest BCUT2D eigenvalue weighted by Gasteiger charge is -2.50. The van der Waals surface area contributed by atoms with Crippen molar-refractivity contribution >= 4 is 5.97 Å². The van der Waals surface area contributed by atoms with Gasteiger partial charge in [0.1, 0.15) is 18.5 Å². The van der Waals surface area contributed by atoms with Gasteiger partial charge in [0.25, 0.3) is 0 Å². The molecule has 0 heterocycles. The van der Waals surface area contributed by atoms with Gasteiger partial charge in [-0.1, -0.05) is 43.3 Å². The van der Waals surface area contributed by atoms with Gasteiger partial charge in [-0.25, -0.2) is 0 Å². The van der Waals surface area contributed by atoms with Crippen LogP contribution in [0.1, 0.15) is 62.1 Å². The summed E-state index contributed by atoms with van der Waals surface area (Å²) in [6.07, 6.45) is 4.06. The number of carbonyl (C=O) groups is 1. The molecule has 2 saturated carbocycles. The van der Waals surface area contributed by atoms with Crippen LogP contribution in [0.15, 0.2) is 48.5 Å². The van der Waals surface area contributed by atoms with Crippen LogP contribution in [-0.2, 0) is 22.6 Å². The van der Waals surface area contributed by atoms with Crippen LogP contribution >= 0.6 is 0 Å². The fourth-order valence-electron chi connectivity index (χ4n) is 6.75. The van der Waals surface area contributed by atoms with Gasteiger partial charge in [0.2, 0.25) is 0 Å². The van der Waals surface area contributed by atoms with Crippen LogP contribution in [0.2, 0.25) is 0 Å². The van der Waals surface area contributed by atoms with E-state index in [0.29, 0.717) is 24.4 Å². The Bertz CT molecular complexity index is 955. The molecule has 4 nitrogen and oxygen atoms in total. The van der Waals surface area contributed by atoms with E-state index in [4.69, 9.17) is 9.47 Å². The molecule has 1 N–H and O–H groups in total. The van der Waals surface area contributed by atoms with Crippen molar-refractivity contribution in [3.05, 3.63) is 65.2 Å². The molecule has 3 unspecified atom stereocenters. The van der Waals surface area contributed by atoms with E-state index in [9.17, 15) is 9.90 Å². The monoisotopic (exact) mass is 420 g/mol. The van der Waals surface area contributed by atoms with Crippen LogP contribution in [0.3, 0.4) is 0 Å². The Balaban J connectivity index is 1.34. The molecule has 31 heavy (non-hydrogen) atoms. The van der Waals surface area contributed by atoms with E-state index in [-0.39, 0.29) is 17.5 Å². The normalized spacial score (nSPS) is 33.7. The first-order valence-corrected chi connectivity index (χ1v) is 11.6. The van der Waals surface area contributed by atoms with Crippen molar-refractivity contribution in [1.82, 2.24) is 0 Å². The van der Waals surface area contributed by atoms with Crippen molar-refractivity contribution in [2.75, 3.05) is 0 Å². The molecule has 2 aromatic carbocycles. The third-order valence-corrected chi connectivity index (χ3v) is 8.17. The van der Waals surface area contributed by atoms with Crippen LogP contribution in [0.5, 0.6) is 5.75 Å². The highest BCUT2D eigenvalue weighted by molar-refractivity contribution is 5.66. The molecule has 3 aliphatic carbocycles. The molecule has 0 aromatic heterocycles. The Morgan fingerprint density at radius 2 is 1.97 bits per heavy atom. The van der Waals surface area contributed by atoms with Gasteiger partial charge in [0.15, 0.2) is 0 Å². The van der Waals surface area contributed by atoms with Crippen LogP contribution in [0, 0.1) is 17.3 Å². The Hall–Kier alpha value is -2.33. The number of hydrogen-bond acceptors (Lipinski definition) is 4. The molecular weight excluding hydrogens is 388 g/mol. The first-order chi connectivity index (χ1) is 15.0. The number of fused-ring (bicyclic) bond motifs is 5. The number of aliphatic hydroxyl groups is 1. The van der Waals surface area contributed by atoms with Gasteiger partial charge in [-0.2, -0.15) is 0 Å². The van der Waals surface area contributed by atoms with E-state index in [1.165, 1.54) is 23.6 Å². The smallest absolute Gasteiger partial charge is 0.303 e. The molecular formula is C27H32O4. The summed E-state index contributed by atoms with van der Waals surface area (Å²) in [5, 5.41) is 10.7. The average Bonchev–Trinajstić information content (AvgIpc) is 3.02. The molecule has 2 fully saturated rings. The number of aryl methyl sites for hydroxylation is 1. The quantitative estimate of drug-likeness (QED) is 0.706. The minimum absolute atomic E-state index is 0.123. The fourth-order valence-corrected chi connectivity index (χ4v) is 6.75. The predicted molar refractivity (Wildman–Crippen MR) is 119 cm³/mol. The molecule has 164 valence electrons. The number of rotatable bonds is 4. The third-order valence-electron chi connectivity index (χ3n) is 8.17. The molecule has 3 aliphatic rings. The molecule has 0 saturated heterocycles. The van der Waals surface area contributed by atoms with Gasteiger partial charge in [0, 0.05) is 12.3 Å². The highest BCUT2D eigenvalue weighted by atomic mass is 16.6. The number of carbonyl (C=O) groups excluding carboxylic acids is 1. The molecule has 4 heteroatoms. The minimum atomic E-state index is -0.548. The Kier molecular flexibility index (Phi) is 5.29. The van der Waals surface area contributed by atoms with Gasteiger partial charge < -0.3 is 14.6 Å². The molecule has 6 atom stereocenters. The lowest BCUT2D eigenvalue weighted by Crippen LogP contribution is -2.46. The zero-order valence-corrected chi connectivity index (χ0v) is 18.4. The second-order valence-electron chi connectivity index (χ2n) is 9.93. The molecule has 5 rings (SSSR count). The number of hydrogen-bond donors (Lipinski definition) is 1. The van der Waals surface area contributed by atoms with Gasteiger partial charge in [-0.3, -0.25) is 4.79 Å². The second-order valence-corrected chi connectivity index (χ2v) is 9.93. The van der Waals surface area contributed by atoms with Crippen molar-refractivity contribution in [3.63, 3.8) is 0 Å². The maximum Gasteiger partial charge on any atom is 0.303 e. The van der Waals surface area contributed by atoms with Crippen LogP contribution < -0.4 is 4.74 Å². The first-order valence-electron chi connectivity index (χ1n) is 11.6. The Morgan fingerprint density at radius 1 is 1.16 bits per heavy atom. The molecule has 0 radical (unpaired) electrons. The van der Waals surface area contributed by atoms with Crippen LogP contribution in [0.25, 0.3) is 0 Å².